The van der Waals surface area contributed by atoms with Gasteiger partial charge in [-0.1, -0.05) is 54.4 Å². The van der Waals surface area contributed by atoms with Crippen LogP contribution >= 0.6 is 0 Å². The standard InChI is InChI=1S/2C5H12.C3H4N2/c2*1-4-5(2)3;1-2-4-5-3-1/h2*5H,4H2,1-3H3;1-2H,3H2. The third kappa shape index (κ3) is 24.7. The van der Waals surface area contributed by atoms with Crippen LogP contribution in [-0.2, 0) is 0 Å². The van der Waals surface area contributed by atoms with Crippen molar-refractivity contribution in [3.05, 3.63) is 12.3 Å². The van der Waals surface area contributed by atoms with Gasteiger partial charge in [0.05, 0.1) is 6.54 Å². The molecular weight excluding hydrogens is 184 g/mol. The molecule has 0 fully saturated rings. The second kappa shape index (κ2) is 13.3. The van der Waals surface area contributed by atoms with E-state index in [-0.39, 0.29) is 0 Å². The molecule has 0 radical (unpaired) electrons. The van der Waals surface area contributed by atoms with Crippen LogP contribution in [-0.4, -0.2) is 6.54 Å². The van der Waals surface area contributed by atoms with Crippen molar-refractivity contribution in [2.75, 3.05) is 6.54 Å². The predicted molar refractivity (Wildman–Crippen MR) is 69.1 cm³/mol. The first kappa shape index (κ1) is 16.8. The van der Waals surface area contributed by atoms with E-state index in [9.17, 15) is 0 Å². The van der Waals surface area contributed by atoms with Crippen LogP contribution in [0.15, 0.2) is 22.5 Å². The summed E-state index contributed by atoms with van der Waals surface area (Å²) in [5.74, 6) is 1.77. The Morgan fingerprint density at radius 1 is 1.00 bits per heavy atom. The first-order chi connectivity index (χ1) is 7.04. The van der Waals surface area contributed by atoms with Gasteiger partial charge in [0.1, 0.15) is 0 Å². The fourth-order valence-corrected chi connectivity index (χ4v) is 0.236. The molecule has 90 valence electrons. The summed E-state index contributed by atoms with van der Waals surface area (Å²) < 4.78 is 0. The van der Waals surface area contributed by atoms with Gasteiger partial charge in [-0.05, 0) is 17.9 Å². The van der Waals surface area contributed by atoms with Crippen LogP contribution in [0.3, 0.4) is 0 Å². The van der Waals surface area contributed by atoms with Crippen LogP contribution < -0.4 is 0 Å². The zero-order valence-electron chi connectivity index (χ0n) is 11.3. The van der Waals surface area contributed by atoms with Crippen molar-refractivity contribution < 1.29 is 0 Å². The normalized spacial score (nSPS) is 12.3. The number of azo groups is 1. The third-order valence-corrected chi connectivity index (χ3v) is 2.07. The maximum Gasteiger partial charge on any atom is 0.0802 e. The minimum atomic E-state index is 0.778. The molecule has 1 rings (SSSR count). The van der Waals surface area contributed by atoms with Crippen LogP contribution in [0.2, 0.25) is 0 Å². The van der Waals surface area contributed by atoms with E-state index in [1.165, 1.54) is 12.8 Å². The zero-order valence-corrected chi connectivity index (χ0v) is 11.3. The Hall–Kier alpha value is -0.660. The summed E-state index contributed by atoms with van der Waals surface area (Å²) in [5, 5.41) is 7.12. The fraction of sp³-hybridized carbons (Fsp3) is 0.846. The summed E-state index contributed by atoms with van der Waals surface area (Å²) in [5.41, 5.74) is 0. The van der Waals surface area contributed by atoms with Crippen LogP contribution in [0.25, 0.3) is 0 Å². The molecule has 0 aliphatic carbocycles. The molecule has 0 saturated carbocycles. The van der Waals surface area contributed by atoms with E-state index in [0.29, 0.717) is 0 Å². The largest absolute Gasteiger partial charge is 0.185 e. The average Bonchev–Trinajstić information content (AvgIpc) is 2.76. The van der Waals surface area contributed by atoms with Gasteiger partial charge in [0, 0.05) is 6.20 Å². The molecule has 2 nitrogen and oxygen atoms in total. The van der Waals surface area contributed by atoms with Gasteiger partial charge in [0.15, 0.2) is 0 Å². The highest BCUT2D eigenvalue weighted by molar-refractivity contribution is 4.84. The average molecular weight is 212 g/mol. The molecule has 0 aromatic carbocycles. The summed E-state index contributed by atoms with van der Waals surface area (Å²) in [6.45, 7) is 14.1. The van der Waals surface area contributed by atoms with E-state index >= 15 is 0 Å². The highest BCUT2D eigenvalue weighted by Crippen LogP contribution is 1.94. The van der Waals surface area contributed by atoms with Crippen molar-refractivity contribution in [2.45, 2.75) is 54.4 Å². The lowest BCUT2D eigenvalue weighted by Gasteiger charge is -1.90. The molecule has 0 unspecified atom stereocenters. The van der Waals surface area contributed by atoms with Crippen LogP contribution in [0.4, 0.5) is 0 Å². The first-order valence-electron chi connectivity index (χ1n) is 6.06. The Morgan fingerprint density at radius 3 is 1.47 bits per heavy atom. The molecule has 15 heavy (non-hydrogen) atoms. The van der Waals surface area contributed by atoms with E-state index in [2.05, 4.69) is 51.8 Å². The van der Waals surface area contributed by atoms with Gasteiger partial charge in [0.25, 0.3) is 0 Å². The van der Waals surface area contributed by atoms with Crippen molar-refractivity contribution in [1.82, 2.24) is 0 Å². The van der Waals surface area contributed by atoms with Crippen molar-refractivity contribution in [3.8, 4) is 0 Å². The molecule has 1 aliphatic rings. The molecule has 0 aromatic heterocycles. The maximum absolute atomic E-state index is 3.60. The van der Waals surface area contributed by atoms with Gasteiger partial charge in [-0.2, -0.15) is 10.2 Å². The summed E-state index contributed by atoms with van der Waals surface area (Å²) in [7, 11) is 0. The van der Waals surface area contributed by atoms with Crippen LogP contribution in [0.5, 0.6) is 0 Å². The monoisotopic (exact) mass is 212 g/mol. The quantitative estimate of drug-likeness (QED) is 0.610. The lowest BCUT2D eigenvalue weighted by Crippen LogP contribution is -1.77. The zero-order chi connectivity index (χ0) is 12.1. The minimum Gasteiger partial charge on any atom is -0.185 e. The molecule has 2 heteroatoms. The number of rotatable bonds is 2. The molecular formula is C13H28N2. The van der Waals surface area contributed by atoms with Crippen LogP contribution in [0, 0.1) is 11.8 Å². The van der Waals surface area contributed by atoms with Crippen molar-refractivity contribution in [1.29, 1.82) is 0 Å². The molecule has 0 spiro atoms. The van der Waals surface area contributed by atoms with Crippen molar-refractivity contribution in [3.63, 3.8) is 0 Å². The number of nitrogens with zero attached hydrogens (tertiary/aromatic N) is 2. The molecule has 1 aliphatic heterocycles. The molecule has 0 atom stereocenters. The van der Waals surface area contributed by atoms with E-state index in [1.54, 1.807) is 6.20 Å². The number of hydrogen-bond donors (Lipinski definition) is 0. The third-order valence-electron chi connectivity index (χ3n) is 2.07. The Balaban J connectivity index is 0. The Kier molecular flexibility index (Phi) is 14.9. The second-order valence-corrected chi connectivity index (χ2v) is 4.43. The topological polar surface area (TPSA) is 24.7 Å². The van der Waals surface area contributed by atoms with Gasteiger partial charge >= 0.3 is 0 Å². The molecule has 1 heterocycles. The second-order valence-electron chi connectivity index (χ2n) is 4.43. The highest BCUT2D eigenvalue weighted by atomic mass is 15.1. The molecule has 0 bridgehead atoms. The number of hydrogen-bond acceptors (Lipinski definition) is 2. The van der Waals surface area contributed by atoms with Crippen LogP contribution in [0.1, 0.15) is 54.4 Å². The molecule has 0 aromatic rings. The lowest BCUT2D eigenvalue weighted by molar-refractivity contribution is 0.626. The SMILES string of the molecule is C1=CN=NC1.CCC(C)C.CCC(C)C. The van der Waals surface area contributed by atoms with Gasteiger partial charge in [-0.15, -0.1) is 0 Å². The Morgan fingerprint density at radius 2 is 1.40 bits per heavy atom. The molecule has 0 saturated heterocycles. The maximum atomic E-state index is 3.60. The Bertz CT molecular complexity index is 140. The van der Waals surface area contributed by atoms with Gasteiger partial charge in [0.2, 0.25) is 0 Å². The molecule has 0 amide bonds. The summed E-state index contributed by atoms with van der Waals surface area (Å²) in [6, 6.07) is 0. The summed E-state index contributed by atoms with van der Waals surface area (Å²) in [4.78, 5) is 0. The Labute approximate surface area is 95.9 Å². The predicted octanol–water partition coefficient (Wildman–Crippen LogP) is 5.07. The van der Waals surface area contributed by atoms with E-state index in [1.807, 2.05) is 6.08 Å². The van der Waals surface area contributed by atoms with Crippen molar-refractivity contribution in [2.24, 2.45) is 22.1 Å². The smallest absolute Gasteiger partial charge is 0.0802 e. The van der Waals surface area contributed by atoms with Crippen molar-refractivity contribution >= 4 is 0 Å². The highest BCUT2D eigenvalue weighted by Gasteiger charge is 1.80. The molecule has 0 N–H and O–H groups in total. The van der Waals surface area contributed by atoms with Gasteiger partial charge in [-0.3, -0.25) is 0 Å². The van der Waals surface area contributed by atoms with E-state index in [4.69, 9.17) is 0 Å². The van der Waals surface area contributed by atoms with E-state index < -0.39 is 0 Å². The lowest BCUT2D eigenvalue weighted by atomic mass is 10.2. The van der Waals surface area contributed by atoms with Gasteiger partial charge in [-0.25, -0.2) is 0 Å². The first-order valence-corrected chi connectivity index (χ1v) is 6.06. The summed E-state index contributed by atoms with van der Waals surface area (Å²) in [6.07, 6.45) is 6.21. The van der Waals surface area contributed by atoms with E-state index in [0.717, 1.165) is 18.4 Å². The van der Waals surface area contributed by atoms with Gasteiger partial charge < -0.3 is 0 Å². The summed E-state index contributed by atoms with van der Waals surface area (Å²) >= 11 is 0. The fourth-order valence-electron chi connectivity index (χ4n) is 0.236. The minimum absolute atomic E-state index is 0.778.